The van der Waals surface area contributed by atoms with Gasteiger partial charge in [-0.15, -0.1) is 0 Å². The maximum atomic E-state index is 12.1. The van der Waals surface area contributed by atoms with Gasteiger partial charge in [-0.1, -0.05) is 25.1 Å². The van der Waals surface area contributed by atoms with Crippen molar-refractivity contribution in [1.29, 1.82) is 0 Å². The molecule has 3 aromatic rings. The number of carbonyl (C=O) groups is 2. The Morgan fingerprint density at radius 1 is 1.14 bits per heavy atom. The van der Waals surface area contributed by atoms with Crippen molar-refractivity contribution in [2.75, 3.05) is 17.2 Å². The van der Waals surface area contributed by atoms with Crippen molar-refractivity contribution in [3.8, 4) is 11.3 Å². The van der Waals surface area contributed by atoms with E-state index in [1.165, 1.54) is 0 Å². The minimum Gasteiger partial charge on any atom is -0.352 e. The number of hydrogen-bond acceptors (Lipinski definition) is 5. The van der Waals surface area contributed by atoms with Gasteiger partial charge in [-0.2, -0.15) is 0 Å². The number of nitrogens with zero attached hydrogens (tertiary/aromatic N) is 2. The zero-order valence-electron chi connectivity index (χ0n) is 16.0. The quantitative estimate of drug-likeness (QED) is 0.622. The zero-order chi connectivity index (χ0) is 20.2. The highest BCUT2D eigenvalue weighted by molar-refractivity contribution is 6.00. The van der Waals surface area contributed by atoms with Crippen LogP contribution < -0.4 is 16.0 Å². The third-order valence-electron chi connectivity index (χ3n) is 4.61. The van der Waals surface area contributed by atoms with Crippen LogP contribution in [0.5, 0.6) is 0 Å². The fourth-order valence-electron chi connectivity index (χ4n) is 3.17. The summed E-state index contributed by atoms with van der Waals surface area (Å²) in [5.74, 6) is 0.252. The van der Waals surface area contributed by atoms with Crippen LogP contribution in [0.15, 0.2) is 54.7 Å². The van der Waals surface area contributed by atoms with Crippen LogP contribution >= 0.6 is 0 Å². The van der Waals surface area contributed by atoms with Crippen molar-refractivity contribution < 1.29 is 9.59 Å². The number of fused-ring (bicyclic) bond motifs is 3. The number of para-hydroxylation sites is 1. The zero-order valence-corrected chi connectivity index (χ0v) is 16.0. The van der Waals surface area contributed by atoms with Gasteiger partial charge in [0.05, 0.1) is 17.8 Å². The summed E-state index contributed by atoms with van der Waals surface area (Å²) in [5, 5.41) is 8.92. The molecule has 0 spiro atoms. The van der Waals surface area contributed by atoms with Crippen LogP contribution in [0.3, 0.4) is 0 Å². The number of hydrogen-bond donors (Lipinski definition) is 3. The molecule has 1 aromatic heterocycles. The maximum absolute atomic E-state index is 12.1. The lowest BCUT2D eigenvalue weighted by Gasteiger charge is -2.11. The SMILES string of the molecule is CCCNC(=O)c1ccc(Nc2ncc3c(n2)-c2ccccc2NC(=O)C3)cc1. The second-order valence-electron chi connectivity index (χ2n) is 6.80. The molecule has 29 heavy (non-hydrogen) atoms. The van der Waals surface area contributed by atoms with Gasteiger partial charge in [0.25, 0.3) is 5.91 Å². The van der Waals surface area contributed by atoms with Gasteiger partial charge >= 0.3 is 0 Å². The van der Waals surface area contributed by atoms with Crippen molar-refractivity contribution in [1.82, 2.24) is 15.3 Å². The highest BCUT2D eigenvalue weighted by atomic mass is 16.2. The van der Waals surface area contributed by atoms with Gasteiger partial charge in [-0.3, -0.25) is 9.59 Å². The van der Waals surface area contributed by atoms with Gasteiger partial charge in [0.15, 0.2) is 0 Å². The Morgan fingerprint density at radius 3 is 2.72 bits per heavy atom. The molecule has 1 aliphatic heterocycles. The van der Waals surface area contributed by atoms with Gasteiger partial charge in [0.2, 0.25) is 11.9 Å². The lowest BCUT2D eigenvalue weighted by atomic mass is 10.1. The number of benzene rings is 2. The van der Waals surface area contributed by atoms with Gasteiger partial charge in [0.1, 0.15) is 0 Å². The first-order chi connectivity index (χ1) is 14.1. The molecule has 0 aliphatic carbocycles. The van der Waals surface area contributed by atoms with Crippen LogP contribution in [0.1, 0.15) is 29.3 Å². The molecule has 0 radical (unpaired) electrons. The van der Waals surface area contributed by atoms with Gasteiger partial charge < -0.3 is 16.0 Å². The summed E-state index contributed by atoms with van der Waals surface area (Å²) in [6, 6.07) is 14.7. The molecule has 0 atom stereocenters. The summed E-state index contributed by atoms with van der Waals surface area (Å²) < 4.78 is 0. The molecule has 0 unspecified atom stereocenters. The summed E-state index contributed by atoms with van der Waals surface area (Å²) in [4.78, 5) is 33.1. The predicted molar refractivity (Wildman–Crippen MR) is 112 cm³/mol. The lowest BCUT2D eigenvalue weighted by Crippen LogP contribution is -2.23. The topological polar surface area (TPSA) is 96.0 Å². The second-order valence-corrected chi connectivity index (χ2v) is 6.80. The summed E-state index contributed by atoms with van der Waals surface area (Å²) in [6.07, 6.45) is 2.80. The number of carbonyl (C=O) groups excluding carboxylic acids is 2. The van der Waals surface area contributed by atoms with E-state index in [4.69, 9.17) is 0 Å². The molecule has 3 N–H and O–H groups in total. The molecule has 2 heterocycles. The third kappa shape index (κ3) is 4.08. The largest absolute Gasteiger partial charge is 0.352 e. The van der Waals surface area contributed by atoms with E-state index in [1.807, 2.05) is 43.3 Å². The molecule has 7 heteroatoms. The Hall–Kier alpha value is -3.74. The van der Waals surface area contributed by atoms with E-state index in [9.17, 15) is 9.59 Å². The van der Waals surface area contributed by atoms with Gasteiger partial charge in [0, 0.05) is 35.1 Å². The Morgan fingerprint density at radius 2 is 1.93 bits per heavy atom. The molecule has 146 valence electrons. The first-order valence-corrected chi connectivity index (χ1v) is 9.54. The molecule has 1 aliphatic rings. The number of amides is 2. The summed E-state index contributed by atoms with van der Waals surface area (Å²) in [7, 11) is 0. The fraction of sp³-hybridized carbons (Fsp3) is 0.182. The van der Waals surface area contributed by atoms with E-state index in [0.29, 0.717) is 18.1 Å². The number of rotatable bonds is 5. The second kappa shape index (κ2) is 8.10. The summed E-state index contributed by atoms with van der Waals surface area (Å²) in [6.45, 7) is 2.67. The fourth-order valence-corrected chi connectivity index (χ4v) is 3.17. The van der Waals surface area contributed by atoms with Crippen molar-refractivity contribution in [2.45, 2.75) is 19.8 Å². The van der Waals surface area contributed by atoms with E-state index >= 15 is 0 Å². The average molecular weight is 387 g/mol. The van der Waals surface area contributed by atoms with Crippen molar-refractivity contribution >= 4 is 29.1 Å². The molecule has 0 saturated heterocycles. The van der Waals surface area contributed by atoms with Crippen LogP contribution in [0.2, 0.25) is 0 Å². The van der Waals surface area contributed by atoms with Crippen LogP contribution in [0, 0.1) is 0 Å². The predicted octanol–water partition coefficient (Wildman–Crippen LogP) is 3.52. The molecule has 0 saturated carbocycles. The minimum atomic E-state index is -0.0894. The normalized spacial score (nSPS) is 12.2. The monoisotopic (exact) mass is 387 g/mol. The van der Waals surface area contributed by atoms with Crippen LogP contribution in [0.4, 0.5) is 17.3 Å². The molecular formula is C22H21N5O2. The van der Waals surface area contributed by atoms with Gasteiger partial charge in [-0.25, -0.2) is 9.97 Å². The minimum absolute atomic E-state index is 0.0857. The lowest BCUT2D eigenvalue weighted by molar-refractivity contribution is -0.115. The summed E-state index contributed by atoms with van der Waals surface area (Å²) >= 11 is 0. The van der Waals surface area contributed by atoms with E-state index in [0.717, 1.165) is 34.6 Å². The average Bonchev–Trinajstić information content (AvgIpc) is 2.88. The highest BCUT2D eigenvalue weighted by Gasteiger charge is 2.20. The smallest absolute Gasteiger partial charge is 0.251 e. The van der Waals surface area contributed by atoms with E-state index < -0.39 is 0 Å². The van der Waals surface area contributed by atoms with Crippen LogP contribution in [-0.2, 0) is 11.2 Å². The Kier molecular flexibility index (Phi) is 5.20. The number of nitrogens with one attached hydrogen (secondary N) is 3. The van der Waals surface area contributed by atoms with Crippen molar-refractivity contribution in [3.63, 3.8) is 0 Å². The first-order valence-electron chi connectivity index (χ1n) is 9.54. The van der Waals surface area contributed by atoms with Crippen LogP contribution in [0.25, 0.3) is 11.3 Å². The van der Waals surface area contributed by atoms with E-state index in [-0.39, 0.29) is 18.2 Å². The molecule has 0 fully saturated rings. The molecular weight excluding hydrogens is 366 g/mol. The van der Waals surface area contributed by atoms with E-state index in [2.05, 4.69) is 25.9 Å². The Balaban J connectivity index is 1.58. The third-order valence-corrected chi connectivity index (χ3v) is 4.61. The van der Waals surface area contributed by atoms with Crippen LogP contribution in [-0.4, -0.2) is 28.3 Å². The first kappa shape index (κ1) is 18.6. The molecule has 4 rings (SSSR count). The van der Waals surface area contributed by atoms with Crippen molar-refractivity contribution in [2.24, 2.45) is 0 Å². The van der Waals surface area contributed by atoms with Gasteiger partial charge in [-0.05, 0) is 36.8 Å². The standard InChI is InChI=1S/C22H21N5O2/c1-2-11-23-21(29)14-7-9-16(10-8-14)25-22-24-13-15-12-19(28)26-18-6-4-3-5-17(18)20(15)27-22/h3-10,13H,2,11-12H2,1H3,(H,23,29)(H,26,28)(H,24,25,27). The Bertz CT molecular complexity index is 1060. The van der Waals surface area contributed by atoms with Crippen molar-refractivity contribution in [3.05, 3.63) is 65.9 Å². The summed E-state index contributed by atoms with van der Waals surface area (Å²) in [5.41, 5.74) is 4.48. The molecule has 0 bridgehead atoms. The molecule has 2 amide bonds. The number of aromatic nitrogens is 2. The Labute approximate surface area is 168 Å². The molecule has 7 nitrogen and oxygen atoms in total. The molecule has 2 aromatic carbocycles. The highest BCUT2D eigenvalue weighted by Crippen LogP contribution is 2.32. The number of anilines is 3. The maximum Gasteiger partial charge on any atom is 0.251 e. The van der Waals surface area contributed by atoms with E-state index in [1.54, 1.807) is 18.3 Å².